The van der Waals surface area contributed by atoms with Gasteiger partial charge in [0, 0.05) is 23.1 Å². The van der Waals surface area contributed by atoms with Crippen LogP contribution in [0.2, 0.25) is 0 Å². The van der Waals surface area contributed by atoms with Crippen molar-refractivity contribution in [1.29, 1.82) is 0 Å². The van der Waals surface area contributed by atoms with Crippen molar-refractivity contribution in [2.24, 2.45) is 0 Å². The van der Waals surface area contributed by atoms with E-state index in [1.807, 2.05) is 18.3 Å². The summed E-state index contributed by atoms with van der Waals surface area (Å²) < 4.78 is 2.27. The Kier molecular flexibility index (Phi) is 8.29. The van der Waals surface area contributed by atoms with Gasteiger partial charge >= 0.3 is 21.1 Å². The summed E-state index contributed by atoms with van der Waals surface area (Å²) >= 11 is 0. The van der Waals surface area contributed by atoms with Gasteiger partial charge < -0.3 is 4.98 Å². The average Bonchev–Trinajstić information content (AvgIpc) is 3.74. The molecule has 0 N–H and O–H groups in total. The molecule has 0 fully saturated rings. The number of hydrogen-bond acceptors (Lipinski definition) is 2. The third-order valence-corrected chi connectivity index (χ3v) is 9.57. The van der Waals surface area contributed by atoms with Crippen LogP contribution in [0.15, 0.2) is 152 Å². The summed E-state index contributed by atoms with van der Waals surface area (Å²) in [6.07, 6.45) is 1.91. The minimum absolute atomic E-state index is 0. The Labute approximate surface area is 312 Å². The molecule has 6 aromatic carbocycles. The second kappa shape index (κ2) is 13.0. The molecule has 0 atom stereocenters. The van der Waals surface area contributed by atoms with Crippen molar-refractivity contribution in [3.63, 3.8) is 0 Å². The van der Waals surface area contributed by atoms with E-state index in [1.165, 1.54) is 5.56 Å². The van der Waals surface area contributed by atoms with Crippen molar-refractivity contribution in [2.75, 3.05) is 0 Å². The van der Waals surface area contributed by atoms with Gasteiger partial charge in [-0.3, -0.25) is 9.55 Å². The Balaban J connectivity index is 0.00000374. The first-order valence-corrected chi connectivity index (χ1v) is 17.0. The zero-order chi connectivity index (χ0) is 33.8. The fraction of sp³-hybridized carbons (Fsp3) is 0.0870. The standard InChI is InChI=1S/C46H34N4.Pt/c1-46(2,3)34-24-25-47-41(29-34)33-27-31(30-14-6-4-7-15-30)26-32(28-33)36-19-13-23-42-44(36)49-45(50(42)35-16-8-5-9-17-35)39-21-12-20-38-37-18-10-11-22-40(37)48-43(38)39;/h4-27,29H,1-3H3;/q-2;+2. The van der Waals surface area contributed by atoms with Gasteiger partial charge in [0.2, 0.25) is 0 Å². The number of fused-ring (bicyclic) bond motifs is 4. The van der Waals surface area contributed by atoms with Crippen LogP contribution in [-0.4, -0.2) is 14.5 Å². The number of hydrogen-bond donors (Lipinski definition) is 0. The molecule has 0 bridgehead atoms. The van der Waals surface area contributed by atoms with Gasteiger partial charge in [0.15, 0.2) is 0 Å². The fourth-order valence-corrected chi connectivity index (χ4v) is 7.01. The molecule has 51 heavy (non-hydrogen) atoms. The van der Waals surface area contributed by atoms with Crippen LogP contribution in [0.3, 0.4) is 0 Å². The van der Waals surface area contributed by atoms with Crippen LogP contribution in [-0.2, 0) is 26.5 Å². The molecule has 248 valence electrons. The molecule has 9 rings (SSSR count). The van der Waals surface area contributed by atoms with E-state index in [0.717, 1.165) is 83.4 Å². The minimum atomic E-state index is -0.00487. The Hall–Kier alpha value is -5.57. The number of benzene rings is 6. The zero-order valence-corrected chi connectivity index (χ0v) is 30.8. The summed E-state index contributed by atoms with van der Waals surface area (Å²) in [6.45, 7) is 6.70. The molecule has 0 saturated carbocycles. The van der Waals surface area contributed by atoms with Crippen LogP contribution in [0.25, 0.3) is 83.4 Å². The van der Waals surface area contributed by atoms with Gasteiger partial charge in [0.05, 0.1) is 11.0 Å². The molecule has 0 radical (unpaired) electrons. The molecule has 0 aliphatic rings. The molecule has 9 aromatic rings. The van der Waals surface area contributed by atoms with Crippen LogP contribution >= 0.6 is 0 Å². The average molecular weight is 838 g/mol. The summed E-state index contributed by atoms with van der Waals surface area (Å²) in [6, 6.07) is 54.7. The first-order valence-electron chi connectivity index (χ1n) is 17.0. The normalized spacial score (nSPS) is 11.7. The Bertz CT molecular complexity index is 2680. The molecule has 0 spiro atoms. The van der Waals surface area contributed by atoms with Crippen molar-refractivity contribution in [2.45, 2.75) is 26.2 Å². The monoisotopic (exact) mass is 837 g/mol. The van der Waals surface area contributed by atoms with Crippen LogP contribution in [0.1, 0.15) is 26.3 Å². The molecule has 5 heteroatoms. The first kappa shape index (κ1) is 32.6. The predicted octanol–water partition coefficient (Wildman–Crippen LogP) is 11.4. The molecule has 0 saturated heterocycles. The second-order valence-electron chi connectivity index (χ2n) is 13.9. The van der Waals surface area contributed by atoms with E-state index in [9.17, 15) is 0 Å². The summed E-state index contributed by atoms with van der Waals surface area (Å²) in [5.74, 6) is 0.853. The minimum Gasteiger partial charge on any atom is -0.656 e. The topological polar surface area (TPSA) is 44.8 Å². The van der Waals surface area contributed by atoms with Crippen molar-refractivity contribution in [3.8, 4) is 50.6 Å². The molecular formula is C46H34N4Pt. The van der Waals surface area contributed by atoms with E-state index in [-0.39, 0.29) is 26.5 Å². The fourth-order valence-electron chi connectivity index (χ4n) is 7.01. The van der Waals surface area contributed by atoms with Gasteiger partial charge in [-0.05, 0) is 51.6 Å². The molecule has 4 nitrogen and oxygen atoms in total. The summed E-state index contributed by atoms with van der Waals surface area (Å²) in [5.41, 5.74) is 13.2. The molecule has 0 aliphatic carbocycles. The molecule has 0 amide bonds. The van der Waals surface area contributed by atoms with Gasteiger partial charge in [-0.25, -0.2) is 4.98 Å². The summed E-state index contributed by atoms with van der Waals surface area (Å²) in [7, 11) is 0. The van der Waals surface area contributed by atoms with Crippen molar-refractivity contribution < 1.29 is 21.1 Å². The van der Waals surface area contributed by atoms with Crippen LogP contribution in [0.4, 0.5) is 0 Å². The number of aromatic nitrogens is 4. The smallest absolute Gasteiger partial charge is 0.656 e. The van der Waals surface area contributed by atoms with Gasteiger partial charge in [0.25, 0.3) is 0 Å². The number of imidazole rings is 1. The number of rotatable bonds is 5. The molecular weight excluding hydrogens is 804 g/mol. The third kappa shape index (κ3) is 5.80. The summed E-state index contributed by atoms with van der Waals surface area (Å²) in [5, 5.41) is 2.28. The van der Waals surface area contributed by atoms with Gasteiger partial charge in [-0.2, -0.15) is 0 Å². The molecule has 0 aliphatic heterocycles. The molecule has 3 heterocycles. The Morgan fingerprint density at radius 3 is 2.12 bits per heavy atom. The number of nitrogens with zero attached hydrogens (tertiary/aromatic N) is 4. The van der Waals surface area contributed by atoms with E-state index >= 15 is 0 Å². The quantitative estimate of drug-likeness (QED) is 0.162. The maximum atomic E-state index is 5.49. The maximum absolute atomic E-state index is 5.49. The van der Waals surface area contributed by atoms with E-state index in [0.29, 0.717) is 0 Å². The van der Waals surface area contributed by atoms with Crippen LogP contribution in [0, 0.1) is 6.07 Å². The van der Waals surface area contributed by atoms with Gasteiger partial charge in [-0.1, -0.05) is 147 Å². The van der Waals surface area contributed by atoms with Crippen molar-refractivity contribution in [3.05, 3.63) is 163 Å². The van der Waals surface area contributed by atoms with E-state index < -0.39 is 0 Å². The third-order valence-electron chi connectivity index (χ3n) is 9.57. The number of pyridine rings is 1. The summed E-state index contributed by atoms with van der Waals surface area (Å²) in [4.78, 5) is 15.5. The Morgan fingerprint density at radius 1 is 0.627 bits per heavy atom. The van der Waals surface area contributed by atoms with Gasteiger partial charge in [-0.15, -0.1) is 34.8 Å². The zero-order valence-electron chi connectivity index (χ0n) is 28.5. The molecule has 3 aromatic heterocycles. The van der Waals surface area contributed by atoms with Crippen LogP contribution < -0.4 is 4.98 Å². The van der Waals surface area contributed by atoms with Crippen LogP contribution in [0.5, 0.6) is 0 Å². The largest absolute Gasteiger partial charge is 2.00 e. The number of para-hydroxylation sites is 4. The Morgan fingerprint density at radius 2 is 1.31 bits per heavy atom. The van der Waals surface area contributed by atoms with E-state index in [1.54, 1.807) is 0 Å². The van der Waals surface area contributed by atoms with Crippen molar-refractivity contribution in [1.82, 2.24) is 19.5 Å². The molecule has 0 unspecified atom stereocenters. The first-order chi connectivity index (χ1) is 24.4. The van der Waals surface area contributed by atoms with E-state index in [4.69, 9.17) is 15.0 Å². The second-order valence-corrected chi connectivity index (χ2v) is 13.9. The predicted molar refractivity (Wildman–Crippen MR) is 206 cm³/mol. The van der Waals surface area contributed by atoms with Gasteiger partial charge in [0.1, 0.15) is 5.82 Å². The van der Waals surface area contributed by atoms with E-state index in [2.05, 4.69) is 165 Å². The van der Waals surface area contributed by atoms with Crippen molar-refractivity contribution >= 4 is 32.8 Å². The maximum Gasteiger partial charge on any atom is 2.00 e. The SMILES string of the molecule is CC(C)(C)c1ccnc(-c2[c-]c(-c3cccc4c3nc(-c3cccc5c3[n-]c3ccccc35)n4-c3ccccc3)cc(-c3ccccc3)c2)c1.[Pt+2].